The highest BCUT2D eigenvalue weighted by Gasteiger charge is 2.45. The molecule has 1 rings (SSSR count). The Bertz CT molecular complexity index is 163. The second kappa shape index (κ2) is 2.64. The van der Waals surface area contributed by atoms with E-state index in [1.165, 1.54) is 12.8 Å². The van der Waals surface area contributed by atoms with Gasteiger partial charge in [-0.15, -0.1) is 5.73 Å². The summed E-state index contributed by atoms with van der Waals surface area (Å²) < 4.78 is 0. The predicted molar refractivity (Wildman–Crippen MR) is 44.8 cm³/mol. The number of hydrogen-bond acceptors (Lipinski definition) is 0. The first-order valence-corrected chi connectivity index (χ1v) is 4.03. The summed E-state index contributed by atoms with van der Waals surface area (Å²) >= 11 is 0. The lowest BCUT2D eigenvalue weighted by Gasteiger charge is -2.05. The first-order chi connectivity index (χ1) is 4.69. The molecule has 0 nitrogen and oxygen atoms in total. The quantitative estimate of drug-likeness (QED) is 0.523. The van der Waals surface area contributed by atoms with E-state index in [0.29, 0.717) is 5.41 Å². The number of hydrogen-bond donors (Lipinski definition) is 0. The Labute approximate surface area is 63.6 Å². The van der Waals surface area contributed by atoms with E-state index in [2.05, 4.69) is 26.2 Å². The minimum atomic E-state index is 0.660. The smallest absolute Gasteiger partial charge is 0.0269 e. The number of rotatable bonds is 3. The maximum Gasteiger partial charge on any atom is -0.0269 e. The molecule has 56 valence electrons. The SMILES string of the molecule is C=C=CCCC1(C)CC1C. The topological polar surface area (TPSA) is 0 Å². The van der Waals surface area contributed by atoms with E-state index >= 15 is 0 Å². The highest BCUT2D eigenvalue weighted by molar-refractivity contribution is 4.97. The molecule has 1 saturated carbocycles. The van der Waals surface area contributed by atoms with Crippen LogP contribution >= 0.6 is 0 Å². The fourth-order valence-corrected chi connectivity index (χ4v) is 1.49. The molecule has 1 fully saturated rings. The molecular formula is C10H16. The molecule has 0 spiro atoms. The van der Waals surface area contributed by atoms with E-state index in [4.69, 9.17) is 0 Å². The second-order valence-corrected chi connectivity index (χ2v) is 3.71. The van der Waals surface area contributed by atoms with Gasteiger partial charge in [-0.3, -0.25) is 0 Å². The van der Waals surface area contributed by atoms with Crippen molar-refractivity contribution < 1.29 is 0 Å². The molecule has 0 aromatic rings. The van der Waals surface area contributed by atoms with Crippen molar-refractivity contribution in [2.45, 2.75) is 33.1 Å². The summed E-state index contributed by atoms with van der Waals surface area (Å²) in [5.41, 5.74) is 3.47. The summed E-state index contributed by atoms with van der Waals surface area (Å²) in [5.74, 6) is 0.950. The highest BCUT2D eigenvalue weighted by Crippen LogP contribution is 2.54. The molecule has 1 aliphatic carbocycles. The van der Waals surface area contributed by atoms with E-state index in [1.54, 1.807) is 0 Å². The third-order valence-corrected chi connectivity index (χ3v) is 2.81. The molecule has 0 N–H and O–H groups in total. The summed E-state index contributed by atoms with van der Waals surface area (Å²) in [7, 11) is 0. The monoisotopic (exact) mass is 136 g/mol. The third kappa shape index (κ3) is 1.52. The van der Waals surface area contributed by atoms with Crippen molar-refractivity contribution in [1.29, 1.82) is 0 Å². The summed E-state index contributed by atoms with van der Waals surface area (Å²) in [6.45, 7) is 8.24. The Hall–Kier alpha value is -0.480. The van der Waals surface area contributed by atoms with E-state index in [1.807, 2.05) is 6.08 Å². The molecule has 2 atom stereocenters. The Kier molecular flexibility index (Phi) is 2.01. The van der Waals surface area contributed by atoms with Gasteiger partial charge in [-0.25, -0.2) is 0 Å². The average Bonchev–Trinajstić information content (AvgIpc) is 2.42. The molecule has 1 aliphatic rings. The van der Waals surface area contributed by atoms with Crippen LogP contribution in [0.2, 0.25) is 0 Å². The van der Waals surface area contributed by atoms with Gasteiger partial charge in [-0.2, -0.15) is 0 Å². The Morgan fingerprint density at radius 1 is 1.80 bits per heavy atom. The molecule has 0 aromatic heterocycles. The average molecular weight is 136 g/mol. The van der Waals surface area contributed by atoms with Crippen molar-refractivity contribution in [2.75, 3.05) is 0 Å². The lowest BCUT2D eigenvalue weighted by atomic mass is 10.0. The van der Waals surface area contributed by atoms with E-state index in [0.717, 1.165) is 12.3 Å². The molecule has 0 amide bonds. The fourth-order valence-electron chi connectivity index (χ4n) is 1.49. The van der Waals surface area contributed by atoms with Gasteiger partial charge in [0.25, 0.3) is 0 Å². The van der Waals surface area contributed by atoms with Gasteiger partial charge in [0.2, 0.25) is 0 Å². The standard InChI is InChI=1S/C10H16/c1-4-5-6-7-10(3)8-9(10)2/h5,9H,1,6-8H2,2-3H3. The molecule has 0 heteroatoms. The zero-order valence-electron chi connectivity index (χ0n) is 6.98. The van der Waals surface area contributed by atoms with E-state index < -0.39 is 0 Å². The van der Waals surface area contributed by atoms with Crippen molar-refractivity contribution >= 4 is 0 Å². The van der Waals surface area contributed by atoms with Crippen LogP contribution < -0.4 is 0 Å². The molecule has 0 radical (unpaired) electrons. The van der Waals surface area contributed by atoms with Crippen LogP contribution in [-0.2, 0) is 0 Å². The summed E-state index contributed by atoms with van der Waals surface area (Å²) in [4.78, 5) is 0. The van der Waals surface area contributed by atoms with E-state index in [-0.39, 0.29) is 0 Å². The summed E-state index contributed by atoms with van der Waals surface area (Å²) in [6, 6.07) is 0. The second-order valence-electron chi connectivity index (χ2n) is 3.71. The van der Waals surface area contributed by atoms with Gasteiger partial charge in [0, 0.05) is 0 Å². The largest absolute Gasteiger partial charge is 0.133 e. The first-order valence-electron chi connectivity index (χ1n) is 4.03. The minimum Gasteiger partial charge on any atom is -0.133 e. The van der Waals surface area contributed by atoms with Crippen LogP contribution in [0, 0.1) is 11.3 Å². The molecule has 0 saturated heterocycles. The lowest BCUT2D eigenvalue weighted by molar-refractivity contribution is 0.480. The number of allylic oxidation sites excluding steroid dienone is 1. The van der Waals surface area contributed by atoms with Crippen LogP contribution in [0.25, 0.3) is 0 Å². The van der Waals surface area contributed by atoms with Crippen molar-refractivity contribution in [3.8, 4) is 0 Å². The van der Waals surface area contributed by atoms with E-state index in [9.17, 15) is 0 Å². The van der Waals surface area contributed by atoms with Gasteiger partial charge in [0.15, 0.2) is 0 Å². The molecule has 0 bridgehead atoms. The predicted octanol–water partition coefficient (Wildman–Crippen LogP) is 3.15. The highest BCUT2D eigenvalue weighted by atomic mass is 14.5. The summed E-state index contributed by atoms with van der Waals surface area (Å²) in [5, 5.41) is 0. The zero-order valence-corrected chi connectivity index (χ0v) is 6.98. The third-order valence-electron chi connectivity index (χ3n) is 2.81. The van der Waals surface area contributed by atoms with Crippen LogP contribution in [0.5, 0.6) is 0 Å². The molecular weight excluding hydrogens is 120 g/mol. The fraction of sp³-hybridized carbons (Fsp3) is 0.700. The van der Waals surface area contributed by atoms with Gasteiger partial charge >= 0.3 is 0 Å². The molecule has 0 aromatic carbocycles. The van der Waals surface area contributed by atoms with Gasteiger partial charge in [0.05, 0.1) is 0 Å². The normalized spacial score (nSPS) is 36.8. The molecule has 2 unspecified atom stereocenters. The van der Waals surface area contributed by atoms with Gasteiger partial charge in [-0.05, 0) is 36.7 Å². The minimum absolute atomic E-state index is 0.660. The molecule has 0 aliphatic heterocycles. The van der Waals surface area contributed by atoms with Crippen molar-refractivity contribution in [3.63, 3.8) is 0 Å². The zero-order chi connectivity index (χ0) is 7.61. The molecule has 0 heterocycles. The lowest BCUT2D eigenvalue weighted by Crippen LogP contribution is -1.94. The molecule has 10 heavy (non-hydrogen) atoms. The van der Waals surface area contributed by atoms with Crippen LogP contribution in [0.15, 0.2) is 18.4 Å². The van der Waals surface area contributed by atoms with Crippen LogP contribution in [0.1, 0.15) is 33.1 Å². The summed E-state index contributed by atoms with van der Waals surface area (Å²) in [6.07, 6.45) is 5.93. The van der Waals surface area contributed by atoms with Crippen molar-refractivity contribution in [2.24, 2.45) is 11.3 Å². The van der Waals surface area contributed by atoms with Gasteiger partial charge in [0.1, 0.15) is 0 Å². The van der Waals surface area contributed by atoms with Gasteiger partial charge < -0.3 is 0 Å². The Morgan fingerprint density at radius 3 is 2.80 bits per heavy atom. The first kappa shape index (κ1) is 7.63. The maximum atomic E-state index is 3.54. The van der Waals surface area contributed by atoms with Crippen molar-refractivity contribution in [1.82, 2.24) is 0 Å². The van der Waals surface area contributed by atoms with Crippen LogP contribution in [-0.4, -0.2) is 0 Å². The Balaban J connectivity index is 2.21. The maximum absolute atomic E-state index is 3.54. The van der Waals surface area contributed by atoms with Crippen molar-refractivity contribution in [3.05, 3.63) is 18.4 Å². The van der Waals surface area contributed by atoms with Crippen LogP contribution in [0.3, 0.4) is 0 Å². The Morgan fingerprint density at radius 2 is 2.40 bits per heavy atom. The van der Waals surface area contributed by atoms with Gasteiger partial charge in [-0.1, -0.05) is 20.4 Å². The van der Waals surface area contributed by atoms with Crippen LogP contribution in [0.4, 0.5) is 0 Å².